The molecule has 0 saturated carbocycles. The normalized spacial score (nSPS) is 19.7. The van der Waals surface area contributed by atoms with E-state index in [4.69, 9.17) is 0 Å². The number of hydrogen-bond acceptors (Lipinski definition) is 2. The Morgan fingerprint density at radius 1 is 1.50 bits per heavy atom. The first kappa shape index (κ1) is 10.7. The first-order valence-corrected chi connectivity index (χ1v) is 5.48. The summed E-state index contributed by atoms with van der Waals surface area (Å²) in [5.41, 5.74) is 0. The molecule has 0 radical (unpaired) electrons. The molecule has 0 spiro atoms. The number of carbonyl (C=O) groups is 1. The van der Waals surface area contributed by atoms with Gasteiger partial charge in [0.15, 0.2) is 0 Å². The summed E-state index contributed by atoms with van der Waals surface area (Å²) in [6.45, 7) is 3.26. The van der Waals surface area contributed by atoms with Crippen LogP contribution in [0.5, 0.6) is 0 Å². The zero-order valence-corrected chi connectivity index (χ0v) is 9.39. The maximum atomic E-state index is 11.5. The van der Waals surface area contributed by atoms with Crippen LogP contribution < -0.4 is 0 Å². The van der Waals surface area contributed by atoms with Crippen LogP contribution in [0, 0.1) is 11.8 Å². The molecule has 1 atom stereocenters. The third-order valence-electron chi connectivity index (χ3n) is 2.82. The number of aromatic nitrogens is 2. The smallest absolute Gasteiger partial charge is 0.223 e. The fraction of sp³-hybridized carbons (Fsp3) is 0.500. The van der Waals surface area contributed by atoms with Gasteiger partial charge in [0.1, 0.15) is 0 Å². The summed E-state index contributed by atoms with van der Waals surface area (Å²) in [5, 5.41) is 0. The zero-order valence-electron chi connectivity index (χ0n) is 9.39. The molecule has 1 aliphatic heterocycles. The van der Waals surface area contributed by atoms with Crippen molar-refractivity contribution in [1.29, 1.82) is 0 Å². The van der Waals surface area contributed by atoms with Gasteiger partial charge in [0, 0.05) is 24.9 Å². The standard InChI is InChI=1S/C12H15N3O/c1-11-4-5-12(16)15(11)8-3-2-7-14-9-6-13-10-14/h6,9-11H,4-5,7-8H2,1H3. The minimum Gasteiger partial charge on any atom is -0.329 e. The molecule has 84 valence electrons. The molecule has 0 N–H and O–H groups in total. The number of imidazole rings is 1. The summed E-state index contributed by atoms with van der Waals surface area (Å²) in [5.74, 6) is 6.29. The molecular formula is C12H15N3O. The average molecular weight is 217 g/mol. The van der Waals surface area contributed by atoms with Gasteiger partial charge in [0.25, 0.3) is 0 Å². The predicted molar refractivity (Wildman–Crippen MR) is 60.4 cm³/mol. The van der Waals surface area contributed by atoms with E-state index in [-0.39, 0.29) is 5.91 Å². The molecule has 1 unspecified atom stereocenters. The first-order valence-electron chi connectivity index (χ1n) is 5.48. The van der Waals surface area contributed by atoms with E-state index in [0.717, 1.165) is 6.42 Å². The molecule has 16 heavy (non-hydrogen) atoms. The van der Waals surface area contributed by atoms with Crippen LogP contribution >= 0.6 is 0 Å². The molecule has 1 aliphatic rings. The second kappa shape index (κ2) is 4.84. The Labute approximate surface area is 95.3 Å². The van der Waals surface area contributed by atoms with Gasteiger partial charge in [-0.15, -0.1) is 0 Å². The van der Waals surface area contributed by atoms with Gasteiger partial charge in [-0.05, 0) is 13.3 Å². The number of amides is 1. The van der Waals surface area contributed by atoms with Gasteiger partial charge in [0.05, 0.1) is 19.4 Å². The Balaban J connectivity index is 1.83. The quantitative estimate of drug-likeness (QED) is 0.690. The van der Waals surface area contributed by atoms with E-state index < -0.39 is 0 Å². The van der Waals surface area contributed by atoms with Gasteiger partial charge in [0.2, 0.25) is 5.91 Å². The molecule has 4 heteroatoms. The Kier molecular flexibility index (Phi) is 3.25. The molecule has 0 aliphatic carbocycles. The van der Waals surface area contributed by atoms with Crippen molar-refractivity contribution in [2.75, 3.05) is 6.54 Å². The van der Waals surface area contributed by atoms with Gasteiger partial charge in [-0.3, -0.25) is 4.79 Å². The highest BCUT2D eigenvalue weighted by Gasteiger charge is 2.26. The summed E-state index contributed by atoms with van der Waals surface area (Å²) in [4.78, 5) is 17.2. The van der Waals surface area contributed by atoms with Gasteiger partial charge < -0.3 is 9.47 Å². The third-order valence-corrected chi connectivity index (χ3v) is 2.82. The van der Waals surface area contributed by atoms with Gasteiger partial charge in [-0.2, -0.15) is 0 Å². The molecule has 2 rings (SSSR count). The monoisotopic (exact) mass is 217 g/mol. The SMILES string of the molecule is CC1CCC(=O)N1CC#CCn1ccnc1. The highest BCUT2D eigenvalue weighted by atomic mass is 16.2. The minimum atomic E-state index is 0.226. The van der Waals surface area contributed by atoms with Crippen molar-refractivity contribution in [3.63, 3.8) is 0 Å². The second-order valence-electron chi connectivity index (χ2n) is 4.00. The van der Waals surface area contributed by atoms with Crippen LogP contribution in [0.25, 0.3) is 0 Å². The number of hydrogen-bond donors (Lipinski definition) is 0. The fourth-order valence-corrected chi connectivity index (χ4v) is 1.79. The van der Waals surface area contributed by atoms with E-state index in [0.29, 0.717) is 25.6 Å². The minimum absolute atomic E-state index is 0.226. The van der Waals surface area contributed by atoms with E-state index in [9.17, 15) is 4.79 Å². The predicted octanol–water partition coefficient (Wildman–Crippen LogP) is 0.897. The Morgan fingerprint density at radius 2 is 2.31 bits per heavy atom. The van der Waals surface area contributed by atoms with Crippen LogP contribution in [0.15, 0.2) is 18.7 Å². The van der Waals surface area contributed by atoms with Crippen LogP contribution in [0.1, 0.15) is 19.8 Å². The van der Waals surface area contributed by atoms with E-state index in [1.54, 1.807) is 12.5 Å². The topological polar surface area (TPSA) is 38.1 Å². The summed E-state index contributed by atoms with van der Waals surface area (Å²) in [6, 6.07) is 0.343. The van der Waals surface area contributed by atoms with E-state index >= 15 is 0 Å². The number of likely N-dealkylation sites (tertiary alicyclic amines) is 1. The number of carbonyl (C=O) groups excluding carboxylic acids is 1. The molecule has 4 nitrogen and oxygen atoms in total. The third kappa shape index (κ3) is 2.43. The van der Waals surface area contributed by atoms with Crippen LogP contribution in [0.2, 0.25) is 0 Å². The molecular weight excluding hydrogens is 202 g/mol. The van der Waals surface area contributed by atoms with Crippen molar-refractivity contribution >= 4 is 5.91 Å². The Hall–Kier alpha value is -1.76. The highest BCUT2D eigenvalue weighted by Crippen LogP contribution is 2.16. The summed E-state index contributed by atoms with van der Waals surface area (Å²) < 4.78 is 1.90. The van der Waals surface area contributed by atoms with Crippen molar-refractivity contribution < 1.29 is 4.79 Å². The van der Waals surface area contributed by atoms with Crippen LogP contribution in [-0.4, -0.2) is 32.9 Å². The van der Waals surface area contributed by atoms with Crippen molar-refractivity contribution in [3.05, 3.63) is 18.7 Å². The second-order valence-corrected chi connectivity index (χ2v) is 4.00. The van der Waals surface area contributed by atoms with Crippen LogP contribution in [-0.2, 0) is 11.3 Å². The lowest BCUT2D eigenvalue weighted by molar-refractivity contribution is -0.128. The van der Waals surface area contributed by atoms with Gasteiger partial charge >= 0.3 is 0 Å². The summed E-state index contributed by atoms with van der Waals surface area (Å²) >= 11 is 0. The number of rotatable bonds is 2. The van der Waals surface area contributed by atoms with E-state index in [1.165, 1.54) is 0 Å². The Bertz CT molecular complexity index is 413. The molecule has 1 fully saturated rings. The Morgan fingerprint density at radius 3 is 2.94 bits per heavy atom. The van der Waals surface area contributed by atoms with Gasteiger partial charge in [-0.1, -0.05) is 11.8 Å². The number of nitrogens with zero attached hydrogens (tertiary/aromatic N) is 3. The molecule has 1 aromatic heterocycles. The van der Waals surface area contributed by atoms with Crippen molar-refractivity contribution in [2.24, 2.45) is 0 Å². The molecule has 1 saturated heterocycles. The van der Waals surface area contributed by atoms with Crippen LogP contribution in [0.4, 0.5) is 0 Å². The molecule has 0 aromatic carbocycles. The molecule has 1 aromatic rings. The van der Waals surface area contributed by atoms with Crippen molar-refractivity contribution in [3.8, 4) is 11.8 Å². The average Bonchev–Trinajstić information content (AvgIpc) is 2.87. The zero-order chi connectivity index (χ0) is 11.4. The van der Waals surface area contributed by atoms with E-state index in [1.807, 2.05) is 15.7 Å². The fourth-order valence-electron chi connectivity index (χ4n) is 1.79. The van der Waals surface area contributed by atoms with E-state index in [2.05, 4.69) is 23.7 Å². The first-order chi connectivity index (χ1) is 7.77. The lowest BCUT2D eigenvalue weighted by Crippen LogP contribution is -2.31. The lowest BCUT2D eigenvalue weighted by Gasteiger charge is -2.17. The molecule has 1 amide bonds. The van der Waals surface area contributed by atoms with Crippen LogP contribution in [0.3, 0.4) is 0 Å². The summed E-state index contributed by atoms with van der Waals surface area (Å²) in [6.07, 6.45) is 6.97. The van der Waals surface area contributed by atoms with Crippen molar-refractivity contribution in [2.45, 2.75) is 32.4 Å². The summed E-state index contributed by atoms with van der Waals surface area (Å²) in [7, 11) is 0. The highest BCUT2D eigenvalue weighted by molar-refractivity contribution is 5.78. The molecule has 2 heterocycles. The maximum Gasteiger partial charge on any atom is 0.223 e. The lowest BCUT2D eigenvalue weighted by atomic mass is 10.2. The van der Waals surface area contributed by atoms with Crippen molar-refractivity contribution in [1.82, 2.24) is 14.5 Å². The molecule has 0 bridgehead atoms. The maximum absolute atomic E-state index is 11.5. The largest absolute Gasteiger partial charge is 0.329 e. The van der Waals surface area contributed by atoms with Gasteiger partial charge in [-0.25, -0.2) is 4.98 Å².